The fraction of sp³-hybridized carbons (Fsp3) is 0.833. The molecule has 2 N–H and O–H groups in total. The first-order chi connectivity index (χ1) is 3.31. The first kappa shape index (κ1) is 11.7. The van der Waals surface area contributed by atoms with Crippen molar-refractivity contribution in [2.24, 2.45) is 11.7 Å². The molecule has 0 fully saturated rings. The molecule has 0 saturated carbocycles. The minimum absolute atomic E-state index is 0. The van der Waals surface area contributed by atoms with Crippen LogP contribution in [-0.4, -0.2) is 6.54 Å². The molecule has 0 aliphatic heterocycles. The topological polar surface area (TPSA) is 26.0 Å². The molecule has 0 spiro atoms. The van der Waals surface area contributed by atoms with Crippen LogP contribution in [0.3, 0.4) is 0 Å². The molecule has 0 aromatic carbocycles. The van der Waals surface area contributed by atoms with Crippen molar-refractivity contribution in [3.8, 4) is 0 Å². The van der Waals surface area contributed by atoms with Crippen LogP contribution in [0.25, 0.3) is 0 Å². The van der Waals surface area contributed by atoms with Gasteiger partial charge in [0, 0.05) is 29.9 Å². The predicted molar refractivity (Wildman–Crippen MR) is 32.8 cm³/mol. The van der Waals surface area contributed by atoms with Crippen LogP contribution in [-0.2, 0) is 0 Å². The van der Waals surface area contributed by atoms with Gasteiger partial charge >= 0.3 is 0 Å². The smallest absolute Gasteiger partial charge is 0 e. The van der Waals surface area contributed by atoms with Crippen molar-refractivity contribution in [3.63, 3.8) is 0 Å². The Bertz CT molecular complexity index is 39.5. The van der Waals surface area contributed by atoms with Gasteiger partial charge in [0.05, 0.1) is 0 Å². The van der Waals surface area contributed by atoms with E-state index in [9.17, 15) is 0 Å². The van der Waals surface area contributed by atoms with E-state index < -0.39 is 0 Å². The van der Waals surface area contributed by atoms with Crippen LogP contribution >= 0.6 is 0 Å². The van der Waals surface area contributed by atoms with Crippen molar-refractivity contribution < 1.29 is 29.9 Å². The van der Waals surface area contributed by atoms with E-state index in [1.165, 1.54) is 0 Å². The van der Waals surface area contributed by atoms with Gasteiger partial charge in [-0.15, -0.1) is 0 Å². The zero-order valence-electron chi connectivity index (χ0n) is 5.43. The van der Waals surface area contributed by atoms with Crippen molar-refractivity contribution in [3.05, 3.63) is 6.92 Å². The average molecular weight is 337 g/mol. The first-order valence-electron chi connectivity index (χ1n) is 2.80. The molecule has 1 unspecified atom stereocenters. The van der Waals surface area contributed by atoms with E-state index in [-0.39, 0.29) is 29.9 Å². The molecule has 0 aliphatic rings. The van der Waals surface area contributed by atoms with Crippen LogP contribution in [0.4, 0.5) is 0 Å². The molecule has 0 bridgehead atoms. The Kier molecular flexibility index (Phi) is 11.7. The van der Waals surface area contributed by atoms with Crippen LogP contribution in [0.5, 0.6) is 0 Å². The van der Waals surface area contributed by atoms with Crippen LogP contribution in [0, 0.1) is 42.8 Å². The summed E-state index contributed by atoms with van der Waals surface area (Å²) >= 11 is 0. The second kappa shape index (κ2) is 7.97. The van der Waals surface area contributed by atoms with Crippen molar-refractivity contribution in [1.82, 2.24) is 0 Å². The average Bonchev–Trinajstić information content (AvgIpc) is 1.68. The molecular formula is C6H14NNp-. The van der Waals surface area contributed by atoms with Gasteiger partial charge in [-0.25, -0.2) is 0 Å². The van der Waals surface area contributed by atoms with Crippen LogP contribution in [0.2, 0.25) is 0 Å². The summed E-state index contributed by atoms with van der Waals surface area (Å²) in [6.07, 6.45) is 2.13. The van der Waals surface area contributed by atoms with Gasteiger partial charge in [0.2, 0.25) is 0 Å². The van der Waals surface area contributed by atoms with E-state index >= 15 is 0 Å². The molecule has 1 radical (unpaired) electrons. The van der Waals surface area contributed by atoms with Gasteiger partial charge in [0.25, 0.3) is 0 Å². The molecule has 0 amide bonds. The molecule has 1 nitrogen and oxygen atoms in total. The van der Waals surface area contributed by atoms with Gasteiger partial charge in [-0.3, -0.25) is 0 Å². The summed E-state index contributed by atoms with van der Waals surface area (Å²) in [4.78, 5) is 0. The summed E-state index contributed by atoms with van der Waals surface area (Å²) < 4.78 is 0. The zero-order chi connectivity index (χ0) is 5.70. The molecule has 8 heavy (non-hydrogen) atoms. The molecule has 2 heteroatoms. The van der Waals surface area contributed by atoms with Crippen LogP contribution in [0.15, 0.2) is 0 Å². The summed E-state index contributed by atoms with van der Waals surface area (Å²) in [5, 5.41) is 0. The Morgan fingerprint density at radius 1 is 1.62 bits per heavy atom. The Morgan fingerprint density at radius 3 is 2.25 bits per heavy atom. The normalized spacial score (nSPS) is 12.4. The number of hydrogen-bond acceptors (Lipinski definition) is 1. The molecule has 0 aromatic rings. The van der Waals surface area contributed by atoms with E-state index in [2.05, 4.69) is 13.8 Å². The Morgan fingerprint density at radius 2 is 2.12 bits per heavy atom. The van der Waals surface area contributed by atoms with Gasteiger partial charge in [0.15, 0.2) is 0 Å². The maximum atomic E-state index is 5.28. The van der Waals surface area contributed by atoms with E-state index in [4.69, 9.17) is 5.73 Å². The van der Waals surface area contributed by atoms with Gasteiger partial charge in [-0.2, -0.15) is 6.42 Å². The molecule has 0 aromatic heterocycles. The standard InChI is InChI=1S/C6H14N.Np/c1-3-6(2)4-5-7;/h6H,1,3-5,7H2,2H3;/q-1;. The van der Waals surface area contributed by atoms with E-state index in [0.717, 1.165) is 19.4 Å². The Hall–Kier alpha value is 0.973. The monoisotopic (exact) mass is 336 g/mol. The van der Waals surface area contributed by atoms with Crippen LogP contribution in [0.1, 0.15) is 19.8 Å². The van der Waals surface area contributed by atoms with Gasteiger partial charge in [-0.1, -0.05) is 12.8 Å². The quantitative estimate of drug-likeness (QED) is 0.770. The molecule has 0 aliphatic carbocycles. The van der Waals surface area contributed by atoms with Gasteiger partial charge in [0.1, 0.15) is 0 Å². The fourth-order valence-electron chi connectivity index (χ4n) is 0.429. The fourth-order valence-corrected chi connectivity index (χ4v) is 0.429. The second-order valence-electron chi connectivity index (χ2n) is 1.97. The maximum absolute atomic E-state index is 5.28. The molecule has 1 atom stereocenters. The summed E-state index contributed by atoms with van der Waals surface area (Å²) in [6.45, 7) is 6.72. The van der Waals surface area contributed by atoms with Crippen LogP contribution < -0.4 is 5.73 Å². The van der Waals surface area contributed by atoms with Gasteiger partial charge in [-0.05, 0) is 13.0 Å². The number of rotatable bonds is 3. The van der Waals surface area contributed by atoms with Crippen molar-refractivity contribution >= 4 is 0 Å². The minimum atomic E-state index is 0. The van der Waals surface area contributed by atoms with Crippen molar-refractivity contribution in [2.75, 3.05) is 6.54 Å². The third-order valence-electron chi connectivity index (χ3n) is 1.15. The third-order valence-corrected chi connectivity index (χ3v) is 1.15. The summed E-state index contributed by atoms with van der Waals surface area (Å²) in [5.41, 5.74) is 5.28. The van der Waals surface area contributed by atoms with Gasteiger partial charge < -0.3 is 12.7 Å². The first-order valence-corrected chi connectivity index (χ1v) is 2.80. The predicted octanol–water partition coefficient (Wildman–Crippen LogP) is 1.20. The largest absolute Gasteiger partial charge is 0.343 e. The summed E-state index contributed by atoms with van der Waals surface area (Å²) in [5.74, 6) is 0.713. The maximum Gasteiger partial charge on any atom is 0 e. The molecule has 0 rings (SSSR count). The molecule has 0 saturated heterocycles. The third kappa shape index (κ3) is 6.97. The van der Waals surface area contributed by atoms with E-state index in [1.54, 1.807) is 0 Å². The molecular weight excluding hydrogens is 323 g/mol. The second-order valence-corrected chi connectivity index (χ2v) is 1.97. The zero-order valence-corrected chi connectivity index (χ0v) is 9.15. The van der Waals surface area contributed by atoms with E-state index in [1.807, 2.05) is 0 Å². The Balaban J connectivity index is 0. The van der Waals surface area contributed by atoms with Crippen molar-refractivity contribution in [2.45, 2.75) is 19.8 Å². The summed E-state index contributed by atoms with van der Waals surface area (Å²) in [6, 6.07) is 0. The number of nitrogens with two attached hydrogens (primary N) is 1. The summed E-state index contributed by atoms with van der Waals surface area (Å²) in [7, 11) is 0. The molecule has 0 heterocycles. The number of hydrogen-bond donors (Lipinski definition) is 1. The minimum Gasteiger partial charge on any atom is -0.343 e. The Labute approximate surface area is 74.7 Å². The SMILES string of the molecule is [CH2-]CC(C)CCN.[Np]. The molecule has 49 valence electrons. The van der Waals surface area contributed by atoms with E-state index in [0.29, 0.717) is 5.92 Å². The van der Waals surface area contributed by atoms with Crippen molar-refractivity contribution in [1.29, 1.82) is 0 Å².